The summed E-state index contributed by atoms with van der Waals surface area (Å²) < 4.78 is 16.3. The predicted octanol–water partition coefficient (Wildman–Crippen LogP) is 2.11. The van der Waals surface area contributed by atoms with Crippen LogP contribution in [0.2, 0.25) is 0 Å². The van der Waals surface area contributed by atoms with Gasteiger partial charge in [-0.25, -0.2) is 0 Å². The molecule has 0 aliphatic carbocycles. The van der Waals surface area contributed by atoms with Gasteiger partial charge in [-0.05, 0) is 36.1 Å². The molecule has 0 bridgehead atoms. The number of quaternary nitrogens is 1. The van der Waals surface area contributed by atoms with Crippen molar-refractivity contribution in [2.45, 2.75) is 33.1 Å². The molecular formula is C18H32NO3+. The molecule has 1 rings (SSSR count). The maximum Gasteiger partial charge on any atom is 0.119 e. The van der Waals surface area contributed by atoms with Crippen LogP contribution in [-0.2, 0) is 9.47 Å². The summed E-state index contributed by atoms with van der Waals surface area (Å²) in [5.74, 6) is 1.48. The molecule has 1 aromatic carbocycles. The van der Waals surface area contributed by atoms with Crippen LogP contribution in [0.4, 0.5) is 0 Å². The fourth-order valence-electron chi connectivity index (χ4n) is 2.39. The van der Waals surface area contributed by atoms with Gasteiger partial charge in [0.2, 0.25) is 0 Å². The van der Waals surface area contributed by atoms with Crippen molar-refractivity contribution >= 4 is 0 Å². The lowest BCUT2D eigenvalue weighted by molar-refractivity contribution is -0.656. The van der Waals surface area contributed by atoms with Gasteiger partial charge in [0.25, 0.3) is 0 Å². The lowest BCUT2D eigenvalue weighted by atomic mass is 9.98. The first-order chi connectivity index (χ1) is 10.6. The van der Waals surface area contributed by atoms with Gasteiger partial charge in [0.05, 0.1) is 32.9 Å². The van der Waals surface area contributed by atoms with E-state index >= 15 is 0 Å². The minimum atomic E-state index is 0.553. The minimum Gasteiger partial charge on any atom is -0.491 e. The maximum absolute atomic E-state index is 5.73. The Bertz CT molecular complexity index is 407. The van der Waals surface area contributed by atoms with Crippen LogP contribution in [0.3, 0.4) is 0 Å². The number of rotatable bonds is 12. The second kappa shape index (κ2) is 11.5. The summed E-state index contributed by atoms with van der Waals surface area (Å²) in [4.78, 5) is 0. The Kier molecular flexibility index (Phi) is 9.87. The SMILES string of the molecule is COCCC[NH2+]CCOCCOc1ccc(C(C)C)c(C)c1. The first-order valence-corrected chi connectivity index (χ1v) is 8.26. The van der Waals surface area contributed by atoms with Crippen LogP contribution in [0, 0.1) is 6.92 Å². The largest absolute Gasteiger partial charge is 0.491 e. The van der Waals surface area contributed by atoms with Crippen LogP contribution in [-0.4, -0.2) is 46.6 Å². The second-order valence-electron chi connectivity index (χ2n) is 5.85. The lowest BCUT2D eigenvalue weighted by Gasteiger charge is -2.12. The second-order valence-corrected chi connectivity index (χ2v) is 5.85. The van der Waals surface area contributed by atoms with Gasteiger partial charge < -0.3 is 19.5 Å². The molecule has 126 valence electrons. The predicted molar refractivity (Wildman–Crippen MR) is 89.7 cm³/mol. The third kappa shape index (κ3) is 7.78. The van der Waals surface area contributed by atoms with Gasteiger partial charge in [0.15, 0.2) is 0 Å². The van der Waals surface area contributed by atoms with E-state index in [2.05, 4.69) is 38.2 Å². The van der Waals surface area contributed by atoms with Crippen LogP contribution in [0.25, 0.3) is 0 Å². The van der Waals surface area contributed by atoms with Crippen molar-refractivity contribution in [1.82, 2.24) is 0 Å². The molecule has 0 aliphatic heterocycles. The van der Waals surface area contributed by atoms with Crippen molar-refractivity contribution < 1.29 is 19.5 Å². The molecule has 0 saturated carbocycles. The summed E-state index contributed by atoms with van der Waals surface area (Å²) in [5.41, 5.74) is 2.67. The van der Waals surface area contributed by atoms with Crippen LogP contribution in [0.1, 0.15) is 37.3 Å². The highest BCUT2D eigenvalue weighted by Gasteiger charge is 2.04. The van der Waals surface area contributed by atoms with Gasteiger partial charge in [-0.3, -0.25) is 0 Å². The Hall–Kier alpha value is -1.10. The number of methoxy groups -OCH3 is 1. The molecule has 0 fully saturated rings. The fraction of sp³-hybridized carbons (Fsp3) is 0.667. The summed E-state index contributed by atoms with van der Waals surface area (Å²) in [6.45, 7) is 11.5. The molecule has 0 heterocycles. The number of hydrogen-bond donors (Lipinski definition) is 1. The molecule has 0 aliphatic rings. The van der Waals surface area contributed by atoms with Gasteiger partial charge in [0.1, 0.15) is 12.4 Å². The topological polar surface area (TPSA) is 44.3 Å². The molecule has 4 nitrogen and oxygen atoms in total. The molecule has 1 aromatic rings. The molecule has 0 unspecified atom stereocenters. The summed E-state index contributed by atoms with van der Waals surface area (Å²) >= 11 is 0. The fourth-order valence-corrected chi connectivity index (χ4v) is 2.39. The van der Waals surface area contributed by atoms with E-state index in [1.807, 2.05) is 6.07 Å². The smallest absolute Gasteiger partial charge is 0.119 e. The van der Waals surface area contributed by atoms with E-state index in [-0.39, 0.29) is 0 Å². The molecule has 0 aromatic heterocycles. The van der Waals surface area contributed by atoms with Crippen LogP contribution in [0.5, 0.6) is 5.75 Å². The molecule has 0 radical (unpaired) electrons. The van der Waals surface area contributed by atoms with Crippen LogP contribution < -0.4 is 10.1 Å². The lowest BCUT2D eigenvalue weighted by Crippen LogP contribution is -2.85. The van der Waals surface area contributed by atoms with Gasteiger partial charge in [0, 0.05) is 13.5 Å². The first kappa shape index (κ1) is 18.9. The van der Waals surface area contributed by atoms with Crippen molar-refractivity contribution in [2.24, 2.45) is 0 Å². The summed E-state index contributed by atoms with van der Waals surface area (Å²) in [6, 6.07) is 6.32. The Labute approximate surface area is 135 Å². The van der Waals surface area contributed by atoms with E-state index in [9.17, 15) is 0 Å². The zero-order valence-corrected chi connectivity index (χ0v) is 14.6. The average Bonchev–Trinajstić information content (AvgIpc) is 2.49. The molecule has 4 heteroatoms. The van der Waals surface area contributed by atoms with Gasteiger partial charge in [-0.2, -0.15) is 0 Å². The number of nitrogens with two attached hydrogens (primary N) is 1. The van der Waals surface area contributed by atoms with Crippen molar-refractivity contribution in [2.75, 3.05) is 46.6 Å². The van der Waals surface area contributed by atoms with Gasteiger partial charge >= 0.3 is 0 Å². The van der Waals surface area contributed by atoms with E-state index in [1.165, 1.54) is 11.1 Å². The minimum absolute atomic E-state index is 0.553. The van der Waals surface area contributed by atoms with Crippen molar-refractivity contribution in [3.8, 4) is 5.75 Å². The molecule has 0 saturated heterocycles. The molecule has 0 amide bonds. The van der Waals surface area contributed by atoms with E-state index in [0.717, 1.165) is 38.5 Å². The molecular weight excluding hydrogens is 278 g/mol. The van der Waals surface area contributed by atoms with Crippen LogP contribution >= 0.6 is 0 Å². The van der Waals surface area contributed by atoms with Crippen molar-refractivity contribution in [3.05, 3.63) is 29.3 Å². The number of ether oxygens (including phenoxy) is 3. The summed E-state index contributed by atoms with van der Waals surface area (Å²) in [6.07, 6.45) is 1.09. The zero-order valence-electron chi connectivity index (χ0n) is 14.6. The molecule has 22 heavy (non-hydrogen) atoms. The summed E-state index contributed by atoms with van der Waals surface area (Å²) in [5, 5.41) is 2.26. The summed E-state index contributed by atoms with van der Waals surface area (Å²) in [7, 11) is 1.74. The highest BCUT2D eigenvalue weighted by Crippen LogP contribution is 2.23. The van der Waals surface area contributed by atoms with E-state index in [4.69, 9.17) is 14.2 Å². The van der Waals surface area contributed by atoms with Gasteiger partial charge in [-0.15, -0.1) is 0 Å². The standard InChI is InChI=1S/C18H31NO3/c1-15(2)18-7-6-17(14-16(18)3)22-13-12-21-11-9-19-8-5-10-20-4/h6-7,14-15,19H,5,8-13H2,1-4H3/p+1. The average molecular weight is 310 g/mol. The van der Waals surface area contributed by atoms with E-state index < -0.39 is 0 Å². The monoisotopic (exact) mass is 310 g/mol. The first-order valence-electron chi connectivity index (χ1n) is 8.26. The zero-order chi connectivity index (χ0) is 16.2. The number of hydrogen-bond acceptors (Lipinski definition) is 3. The molecule has 0 atom stereocenters. The maximum atomic E-state index is 5.73. The highest BCUT2D eigenvalue weighted by atomic mass is 16.5. The Morgan fingerprint density at radius 1 is 1.05 bits per heavy atom. The molecule has 2 N–H and O–H groups in total. The quantitative estimate of drug-likeness (QED) is 0.601. The number of benzene rings is 1. The third-order valence-corrected chi connectivity index (χ3v) is 3.58. The highest BCUT2D eigenvalue weighted by molar-refractivity contribution is 5.36. The van der Waals surface area contributed by atoms with Crippen molar-refractivity contribution in [1.29, 1.82) is 0 Å². The third-order valence-electron chi connectivity index (χ3n) is 3.58. The number of aryl methyl sites for hydroxylation is 1. The Balaban J connectivity index is 2.06. The van der Waals surface area contributed by atoms with E-state index in [0.29, 0.717) is 19.1 Å². The molecule has 0 spiro atoms. The Morgan fingerprint density at radius 3 is 2.55 bits per heavy atom. The van der Waals surface area contributed by atoms with Crippen LogP contribution in [0.15, 0.2) is 18.2 Å². The Morgan fingerprint density at radius 2 is 1.86 bits per heavy atom. The van der Waals surface area contributed by atoms with Crippen molar-refractivity contribution in [3.63, 3.8) is 0 Å². The van der Waals surface area contributed by atoms with E-state index in [1.54, 1.807) is 7.11 Å². The normalized spacial score (nSPS) is 11.1. The van der Waals surface area contributed by atoms with Gasteiger partial charge in [-0.1, -0.05) is 19.9 Å².